The third-order valence-corrected chi connectivity index (χ3v) is 3.50. The molecule has 0 spiro atoms. The van der Waals surface area contributed by atoms with E-state index in [0.717, 1.165) is 16.2 Å². The molecule has 84 valence electrons. The van der Waals surface area contributed by atoms with Gasteiger partial charge in [0.15, 0.2) is 0 Å². The van der Waals surface area contributed by atoms with Gasteiger partial charge in [0.25, 0.3) is 0 Å². The zero-order chi connectivity index (χ0) is 11.5. The van der Waals surface area contributed by atoms with Gasteiger partial charge in [-0.05, 0) is 11.6 Å². The van der Waals surface area contributed by atoms with Crippen LogP contribution in [0, 0.1) is 0 Å². The molecule has 0 saturated carbocycles. The van der Waals surface area contributed by atoms with Gasteiger partial charge in [0.2, 0.25) is 0 Å². The third kappa shape index (κ3) is 2.90. The minimum atomic E-state index is 0.417. The lowest BCUT2D eigenvalue weighted by Crippen LogP contribution is -1.86. The smallest absolute Gasteiger partial charge is 0.134 e. The summed E-state index contributed by atoms with van der Waals surface area (Å²) in [7, 11) is 1.89. The van der Waals surface area contributed by atoms with Gasteiger partial charge in [-0.3, -0.25) is 4.68 Å². The molecule has 2 heterocycles. The fourth-order valence-electron chi connectivity index (χ4n) is 1.18. The van der Waals surface area contributed by atoms with Crippen LogP contribution in [0.3, 0.4) is 0 Å². The molecule has 0 amide bonds. The van der Waals surface area contributed by atoms with Gasteiger partial charge in [-0.25, -0.2) is 4.98 Å². The molecule has 0 aromatic carbocycles. The van der Waals surface area contributed by atoms with E-state index >= 15 is 0 Å². The Morgan fingerprint density at radius 2 is 2.19 bits per heavy atom. The van der Waals surface area contributed by atoms with Crippen molar-refractivity contribution in [3.05, 3.63) is 40.4 Å². The van der Waals surface area contributed by atoms with Crippen LogP contribution < -0.4 is 0 Å². The van der Waals surface area contributed by atoms with E-state index in [4.69, 9.17) is 23.2 Å². The number of aromatic nitrogens is 3. The maximum atomic E-state index is 5.97. The van der Waals surface area contributed by atoms with Gasteiger partial charge >= 0.3 is 0 Å². The zero-order valence-electron chi connectivity index (χ0n) is 8.52. The molecular weight excluding hydrogens is 265 g/mol. The standard InChI is InChI=1S/C10H9Cl2N3S/c1-15-5-8(4-13-15)16-6-7-2-3-9(11)14-10(7)12/h2-5H,6H2,1H3. The number of halogens is 2. The number of pyridine rings is 1. The average molecular weight is 274 g/mol. The van der Waals surface area contributed by atoms with Crippen LogP contribution in [0.15, 0.2) is 29.4 Å². The predicted octanol–water partition coefficient (Wildman–Crippen LogP) is 3.41. The van der Waals surface area contributed by atoms with Crippen LogP contribution in [0.1, 0.15) is 5.56 Å². The molecule has 2 rings (SSSR count). The summed E-state index contributed by atoms with van der Waals surface area (Å²) >= 11 is 13.4. The van der Waals surface area contributed by atoms with Crippen molar-refractivity contribution in [2.75, 3.05) is 0 Å². The molecule has 0 unspecified atom stereocenters. The molecule has 2 aromatic rings. The molecule has 0 radical (unpaired) electrons. The Morgan fingerprint density at radius 3 is 2.81 bits per heavy atom. The minimum Gasteiger partial charge on any atom is -0.275 e. The molecule has 0 bridgehead atoms. The number of rotatable bonds is 3. The Kier molecular flexibility index (Phi) is 3.74. The van der Waals surface area contributed by atoms with Crippen molar-refractivity contribution in [3.63, 3.8) is 0 Å². The first-order valence-electron chi connectivity index (χ1n) is 4.57. The van der Waals surface area contributed by atoms with Gasteiger partial charge in [-0.2, -0.15) is 5.10 Å². The summed E-state index contributed by atoms with van der Waals surface area (Å²) in [5.41, 5.74) is 0.972. The molecule has 0 aliphatic heterocycles. The van der Waals surface area contributed by atoms with Gasteiger partial charge in [-0.15, -0.1) is 11.8 Å². The topological polar surface area (TPSA) is 30.7 Å². The van der Waals surface area contributed by atoms with E-state index in [9.17, 15) is 0 Å². The Bertz CT molecular complexity index is 499. The molecule has 16 heavy (non-hydrogen) atoms. The maximum Gasteiger partial charge on any atom is 0.134 e. The molecule has 0 N–H and O–H groups in total. The SMILES string of the molecule is Cn1cc(SCc2ccc(Cl)nc2Cl)cn1. The predicted molar refractivity (Wildman–Crippen MR) is 67.0 cm³/mol. The first-order chi connectivity index (χ1) is 7.65. The third-order valence-electron chi connectivity index (χ3n) is 1.97. The highest BCUT2D eigenvalue weighted by molar-refractivity contribution is 7.98. The zero-order valence-corrected chi connectivity index (χ0v) is 10.9. The Balaban J connectivity index is 2.04. The van der Waals surface area contributed by atoms with Gasteiger partial charge in [0.1, 0.15) is 10.3 Å². The summed E-state index contributed by atoms with van der Waals surface area (Å²) in [5.74, 6) is 0.759. The van der Waals surface area contributed by atoms with Crippen molar-refractivity contribution in [1.82, 2.24) is 14.8 Å². The van der Waals surface area contributed by atoms with E-state index in [0.29, 0.717) is 10.3 Å². The Morgan fingerprint density at radius 1 is 1.38 bits per heavy atom. The first kappa shape index (κ1) is 11.8. The minimum absolute atomic E-state index is 0.417. The van der Waals surface area contributed by atoms with Gasteiger partial charge < -0.3 is 0 Å². The summed E-state index contributed by atoms with van der Waals surface area (Å²) in [6, 6.07) is 3.63. The monoisotopic (exact) mass is 273 g/mol. The van der Waals surface area contributed by atoms with Crippen molar-refractivity contribution in [2.24, 2.45) is 7.05 Å². The fourth-order valence-corrected chi connectivity index (χ4v) is 2.58. The highest BCUT2D eigenvalue weighted by atomic mass is 35.5. The Hall–Kier alpha value is -0.710. The van der Waals surface area contributed by atoms with Crippen LogP contribution in [-0.2, 0) is 12.8 Å². The number of thioether (sulfide) groups is 1. The van der Waals surface area contributed by atoms with Gasteiger partial charge in [-0.1, -0.05) is 29.3 Å². The Labute approximate surface area is 108 Å². The van der Waals surface area contributed by atoms with Crippen molar-refractivity contribution in [2.45, 2.75) is 10.6 Å². The van der Waals surface area contributed by atoms with Gasteiger partial charge in [0, 0.05) is 23.9 Å². The summed E-state index contributed by atoms with van der Waals surface area (Å²) in [5, 5.41) is 4.97. The van der Waals surface area contributed by atoms with E-state index in [1.807, 2.05) is 25.5 Å². The molecule has 0 saturated heterocycles. The van der Waals surface area contributed by atoms with Crippen LogP contribution in [0.4, 0.5) is 0 Å². The molecule has 2 aromatic heterocycles. The van der Waals surface area contributed by atoms with E-state index in [-0.39, 0.29) is 0 Å². The lowest BCUT2D eigenvalue weighted by atomic mass is 10.3. The van der Waals surface area contributed by atoms with Crippen molar-refractivity contribution in [1.29, 1.82) is 0 Å². The van der Waals surface area contributed by atoms with E-state index < -0.39 is 0 Å². The molecule has 0 atom stereocenters. The lowest BCUT2D eigenvalue weighted by molar-refractivity contribution is 0.766. The normalized spacial score (nSPS) is 10.7. The summed E-state index contributed by atoms with van der Waals surface area (Å²) in [4.78, 5) is 5.09. The molecule has 0 fully saturated rings. The van der Waals surface area contributed by atoms with Crippen molar-refractivity contribution < 1.29 is 0 Å². The molecule has 0 aliphatic carbocycles. The number of hydrogen-bond donors (Lipinski definition) is 0. The van der Waals surface area contributed by atoms with Crippen molar-refractivity contribution >= 4 is 35.0 Å². The lowest BCUT2D eigenvalue weighted by Gasteiger charge is -2.02. The first-order valence-corrected chi connectivity index (χ1v) is 6.31. The van der Waals surface area contributed by atoms with Crippen molar-refractivity contribution in [3.8, 4) is 0 Å². The van der Waals surface area contributed by atoms with Gasteiger partial charge in [0.05, 0.1) is 6.20 Å². The number of nitrogens with zero attached hydrogens (tertiary/aromatic N) is 3. The highest BCUT2D eigenvalue weighted by Crippen LogP contribution is 2.26. The van der Waals surface area contributed by atoms with Crippen LogP contribution >= 0.6 is 35.0 Å². The van der Waals surface area contributed by atoms with E-state index in [1.165, 1.54) is 0 Å². The molecule has 3 nitrogen and oxygen atoms in total. The second kappa shape index (κ2) is 5.08. The number of aryl methyl sites for hydroxylation is 1. The maximum absolute atomic E-state index is 5.97. The largest absolute Gasteiger partial charge is 0.275 e. The molecular formula is C10H9Cl2N3S. The average Bonchev–Trinajstić information content (AvgIpc) is 2.63. The summed E-state index contributed by atoms with van der Waals surface area (Å²) in [6.07, 6.45) is 3.78. The van der Waals surface area contributed by atoms with E-state index in [1.54, 1.807) is 22.5 Å². The second-order valence-electron chi connectivity index (χ2n) is 3.22. The summed E-state index contributed by atoms with van der Waals surface area (Å²) < 4.78 is 1.77. The van der Waals surface area contributed by atoms with Crippen LogP contribution in [0.5, 0.6) is 0 Å². The van der Waals surface area contributed by atoms with E-state index in [2.05, 4.69) is 10.1 Å². The highest BCUT2D eigenvalue weighted by Gasteiger charge is 2.04. The second-order valence-corrected chi connectivity index (χ2v) is 5.02. The molecule has 0 aliphatic rings. The fraction of sp³-hybridized carbons (Fsp3) is 0.200. The van der Waals surface area contributed by atoms with Crippen LogP contribution in [-0.4, -0.2) is 14.8 Å². The van der Waals surface area contributed by atoms with Crippen LogP contribution in [0.25, 0.3) is 0 Å². The number of hydrogen-bond acceptors (Lipinski definition) is 3. The quantitative estimate of drug-likeness (QED) is 0.634. The summed E-state index contributed by atoms with van der Waals surface area (Å²) in [6.45, 7) is 0. The molecule has 6 heteroatoms. The van der Waals surface area contributed by atoms with Crippen LogP contribution in [0.2, 0.25) is 10.3 Å².